The maximum absolute atomic E-state index is 11.0. The monoisotopic (exact) mass is 208 g/mol. The molecule has 0 fully saturated rings. The molecule has 0 unspecified atom stereocenters. The minimum Gasteiger partial charge on any atom is -0.465 e. The summed E-state index contributed by atoms with van der Waals surface area (Å²) in [6.07, 6.45) is -0.970. The van der Waals surface area contributed by atoms with E-state index in [1.807, 2.05) is 33.8 Å². The topological polar surface area (TPSA) is 53.4 Å². The van der Waals surface area contributed by atoms with Crippen molar-refractivity contribution in [1.29, 1.82) is 0 Å². The Labute approximate surface area is 89.6 Å². The molecule has 1 aromatic rings. The van der Waals surface area contributed by atoms with Crippen molar-refractivity contribution in [3.8, 4) is 0 Å². The number of hydrogen-bond donors (Lipinski definition) is 1. The summed E-state index contributed by atoms with van der Waals surface area (Å²) in [5.41, 5.74) is 1.85. The lowest BCUT2D eigenvalue weighted by Gasteiger charge is -2.22. The van der Waals surface area contributed by atoms with Crippen LogP contribution in [0.25, 0.3) is 0 Å². The molecule has 82 valence electrons. The fraction of sp³-hybridized carbons (Fsp3) is 0.455. The molecule has 0 aliphatic rings. The van der Waals surface area contributed by atoms with E-state index < -0.39 is 6.09 Å². The van der Waals surface area contributed by atoms with E-state index in [0.29, 0.717) is 5.82 Å². The Balaban J connectivity index is 3.17. The normalized spacial score (nSPS) is 10.5. The van der Waals surface area contributed by atoms with Gasteiger partial charge in [0, 0.05) is 11.7 Å². The smallest absolute Gasteiger partial charge is 0.413 e. The molecule has 0 bridgehead atoms. The maximum atomic E-state index is 11.0. The highest BCUT2D eigenvalue weighted by atomic mass is 16.4. The molecule has 4 heteroatoms. The third-order valence-electron chi connectivity index (χ3n) is 2.05. The Hall–Kier alpha value is -1.58. The first-order chi connectivity index (χ1) is 6.91. The summed E-state index contributed by atoms with van der Waals surface area (Å²) in [6.45, 7) is 7.44. The van der Waals surface area contributed by atoms with Crippen LogP contribution in [0.2, 0.25) is 0 Å². The second-order valence-corrected chi connectivity index (χ2v) is 3.89. The van der Waals surface area contributed by atoms with Crippen molar-refractivity contribution >= 4 is 11.9 Å². The van der Waals surface area contributed by atoms with E-state index in [0.717, 1.165) is 11.3 Å². The van der Waals surface area contributed by atoms with Gasteiger partial charge in [-0.3, -0.25) is 4.90 Å². The molecule has 0 saturated carbocycles. The van der Waals surface area contributed by atoms with Crippen LogP contribution in [0.4, 0.5) is 10.6 Å². The summed E-state index contributed by atoms with van der Waals surface area (Å²) in [5, 5.41) is 9.06. The van der Waals surface area contributed by atoms with Gasteiger partial charge in [-0.2, -0.15) is 0 Å². The molecule has 0 spiro atoms. The Morgan fingerprint density at radius 2 is 2.00 bits per heavy atom. The Kier molecular flexibility index (Phi) is 3.29. The van der Waals surface area contributed by atoms with E-state index in [2.05, 4.69) is 4.98 Å². The van der Waals surface area contributed by atoms with Crippen LogP contribution in [-0.2, 0) is 0 Å². The van der Waals surface area contributed by atoms with Gasteiger partial charge in [0.05, 0.1) is 0 Å². The number of carboxylic acid groups (broad SMARTS) is 1. The van der Waals surface area contributed by atoms with Gasteiger partial charge >= 0.3 is 6.09 Å². The molecule has 1 amide bonds. The number of nitrogens with zero attached hydrogens (tertiary/aromatic N) is 2. The van der Waals surface area contributed by atoms with Crippen molar-refractivity contribution in [3.63, 3.8) is 0 Å². The summed E-state index contributed by atoms with van der Waals surface area (Å²) >= 11 is 0. The van der Waals surface area contributed by atoms with E-state index in [1.54, 1.807) is 6.07 Å². The lowest BCUT2D eigenvalue weighted by molar-refractivity contribution is 0.200. The fourth-order valence-corrected chi connectivity index (χ4v) is 1.53. The van der Waals surface area contributed by atoms with Crippen LogP contribution in [0.5, 0.6) is 0 Å². The largest absolute Gasteiger partial charge is 0.465 e. The van der Waals surface area contributed by atoms with Gasteiger partial charge in [0.25, 0.3) is 0 Å². The van der Waals surface area contributed by atoms with Crippen LogP contribution in [0.1, 0.15) is 25.1 Å². The average molecular weight is 208 g/mol. The number of aromatic nitrogens is 1. The highest BCUT2D eigenvalue weighted by Crippen LogP contribution is 2.17. The summed E-state index contributed by atoms with van der Waals surface area (Å²) in [5.74, 6) is 0.495. The van der Waals surface area contributed by atoms with Gasteiger partial charge < -0.3 is 5.11 Å². The molecule has 0 radical (unpaired) electrons. The third-order valence-corrected chi connectivity index (χ3v) is 2.05. The van der Waals surface area contributed by atoms with Crippen molar-refractivity contribution in [3.05, 3.63) is 23.4 Å². The molecule has 0 aliphatic heterocycles. The summed E-state index contributed by atoms with van der Waals surface area (Å²) < 4.78 is 0. The zero-order valence-electron chi connectivity index (χ0n) is 9.48. The number of carbonyl (C=O) groups is 1. The lowest BCUT2D eigenvalue weighted by Crippen LogP contribution is -2.36. The van der Waals surface area contributed by atoms with Crippen LogP contribution >= 0.6 is 0 Å². The average Bonchev–Trinajstić information content (AvgIpc) is 1.99. The van der Waals surface area contributed by atoms with E-state index in [9.17, 15) is 4.79 Å². The van der Waals surface area contributed by atoms with Crippen LogP contribution in [0, 0.1) is 13.8 Å². The SMILES string of the molecule is Cc1cc(C)nc(N(C(=O)O)C(C)C)c1. The molecule has 1 N–H and O–H groups in total. The second kappa shape index (κ2) is 4.29. The molecule has 15 heavy (non-hydrogen) atoms. The van der Waals surface area contributed by atoms with Crippen LogP contribution in [0.15, 0.2) is 12.1 Å². The predicted molar refractivity (Wildman–Crippen MR) is 59.4 cm³/mol. The first-order valence-corrected chi connectivity index (χ1v) is 4.89. The third kappa shape index (κ3) is 2.68. The van der Waals surface area contributed by atoms with Gasteiger partial charge in [-0.1, -0.05) is 0 Å². The number of rotatable bonds is 2. The summed E-state index contributed by atoms with van der Waals surface area (Å²) in [6, 6.07) is 3.58. The number of anilines is 1. The quantitative estimate of drug-likeness (QED) is 0.812. The van der Waals surface area contributed by atoms with Crippen LogP contribution in [-0.4, -0.2) is 22.2 Å². The summed E-state index contributed by atoms with van der Waals surface area (Å²) in [4.78, 5) is 16.5. The van der Waals surface area contributed by atoms with Gasteiger partial charge in [0.1, 0.15) is 5.82 Å². The van der Waals surface area contributed by atoms with Crippen LogP contribution in [0.3, 0.4) is 0 Å². The predicted octanol–water partition coefficient (Wildman–Crippen LogP) is 2.59. The second-order valence-electron chi connectivity index (χ2n) is 3.89. The zero-order chi connectivity index (χ0) is 11.6. The molecule has 1 rings (SSSR count). The summed E-state index contributed by atoms with van der Waals surface area (Å²) in [7, 11) is 0. The molecule has 0 aromatic carbocycles. The van der Waals surface area contributed by atoms with Gasteiger partial charge in [0.15, 0.2) is 0 Å². The Morgan fingerprint density at radius 1 is 1.40 bits per heavy atom. The highest BCUT2D eigenvalue weighted by Gasteiger charge is 2.19. The van der Waals surface area contributed by atoms with Crippen molar-refractivity contribution in [2.45, 2.75) is 33.7 Å². The first kappa shape index (κ1) is 11.5. The molecular weight excluding hydrogens is 192 g/mol. The van der Waals surface area contributed by atoms with E-state index >= 15 is 0 Å². The van der Waals surface area contributed by atoms with Crippen LogP contribution < -0.4 is 4.90 Å². The van der Waals surface area contributed by atoms with Crippen molar-refractivity contribution in [1.82, 2.24) is 4.98 Å². The number of amides is 1. The fourth-order valence-electron chi connectivity index (χ4n) is 1.53. The van der Waals surface area contributed by atoms with Gasteiger partial charge in [-0.15, -0.1) is 0 Å². The number of pyridine rings is 1. The Morgan fingerprint density at radius 3 is 2.40 bits per heavy atom. The molecule has 0 aliphatic carbocycles. The molecule has 4 nitrogen and oxygen atoms in total. The van der Waals surface area contributed by atoms with Gasteiger partial charge in [0.2, 0.25) is 0 Å². The molecule has 0 saturated heterocycles. The van der Waals surface area contributed by atoms with Crippen molar-refractivity contribution in [2.75, 3.05) is 4.90 Å². The molecular formula is C11H16N2O2. The molecule has 1 aromatic heterocycles. The minimum atomic E-state index is -0.970. The number of hydrogen-bond acceptors (Lipinski definition) is 2. The first-order valence-electron chi connectivity index (χ1n) is 4.89. The standard InChI is InChI=1S/C11H16N2O2/c1-7(2)13(11(14)15)10-6-8(3)5-9(4)12-10/h5-7H,1-4H3,(H,14,15). The number of aryl methyl sites for hydroxylation is 2. The van der Waals surface area contributed by atoms with Crippen molar-refractivity contribution < 1.29 is 9.90 Å². The lowest BCUT2D eigenvalue weighted by atomic mass is 10.2. The van der Waals surface area contributed by atoms with E-state index in [1.165, 1.54) is 4.90 Å². The van der Waals surface area contributed by atoms with Gasteiger partial charge in [-0.25, -0.2) is 9.78 Å². The molecule has 0 atom stereocenters. The van der Waals surface area contributed by atoms with E-state index in [-0.39, 0.29) is 6.04 Å². The zero-order valence-corrected chi connectivity index (χ0v) is 9.48. The van der Waals surface area contributed by atoms with E-state index in [4.69, 9.17) is 5.11 Å². The maximum Gasteiger partial charge on any atom is 0.413 e. The Bertz CT molecular complexity index is 355. The van der Waals surface area contributed by atoms with Crippen molar-refractivity contribution in [2.24, 2.45) is 0 Å². The highest BCUT2D eigenvalue weighted by molar-refractivity contribution is 5.85. The molecule has 1 heterocycles. The minimum absolute atomic E-state index is 0.115. The van der Waals surface area contributed by atoms with Gasteiger partial charge in [-0.05, 0) is 45.4 Å².